The van der Waals surface area contributed by atoms with Crippen LogP contribution in [0.2, 0.25) is 0 Å². The second-order valence-corrected chi connectivity index (χ2v) is 4.24. The van der Waals surface area contributed by atoms with E-state index in [1.165, 1.54) is 5.69 Å². The predicted octanol–water partition coefficient (Wildman–Crippen LogP) is 1.91. The fourth-order valence-electron chi connectivity index (χ4n) is 1.39. The number of allylic oxidation sites excluding steroid dienone is 1. The van der Waals surface area contributed by atoms with E-state index in [1.54, 1.807) is 0 Å². The molecule has 1 heterocycles. The summed E-state index contributed by atoms with van der Waals surface area (Å²) < 4.78 is 2.12. The van der Waals surface area contributed by atoms with Crippen LogP contribution in [0, 0.1) is 0 Å². The van der Waals surface area contributed by atoms with Crippen molar-refractivity contribution in [3.05, 3.63) is 30.4 Å². The summed E-state index contributed by atoms with van der Waals surface area (Å²) in [7, 11) is 1.96. The van der Waals surface area contributed by atoms with E-state index in [4.69, 9.17) is 0 Å². The van der Waals surface area contributed by atoms with Gasteiger partial charge in [0.25, 0.3) is 0 Å². The van der Waals surface area contributed by atoms with Crippen molar-refractivity contribution in [3.8, 4) is 0 Å². The SMILES string of the molecule is C=C(C)Cn1cncc1C(C)(C)NC. The number of hydrogen-bond acceptors (Lipinski definition) is 2. The van der Waals surface area contributed by atoms with Gasteiger partial charge in [0.2, 0.25) is 0 Å². The molecule has 0 aliphatic heterocycles. The molecule has 0 saturated carbocycles. The summed E-state index contributed by atoms with van der Waals surface area (Å²) in [6.07, 6.45) is 3.75. The van der Waals surface area contributed by atoms with E-state index >= 15 is 0 Å². The number of imidazole rings is 1. The third-order valence-electron chi connectivity index (χ3n) is 2.42. The Kier molecular flexibility index (Phi) is 3.11. The summed E-state index contributed by atoms with van der Waals surface area (Å²) in [4.78, 5) is 4.17. The molecular formula is C11H19N3. The molecule has 0 fully saturated rings. The zero-order chi connectivity index (χ0) is 10.8. The first-order chi connectivity index (χ1) is 6.47. The first kappa shape index (κ1) is 11.0. The standard InChI is InChI=1S/C11H19N3/c1-9(2)7-14-8-13-6-10(14)11(3,4)12-5/h6,8,12H,1,7H2,2-5H3. The lowest BCUT2D eigenvalue weighted by Crippen LogP contribution is -2.35. The van der Waals surface area contributed by atoms with E-state index in [0.717, 1.165) is 12.1 Å². The van der Waals surface area contributed by atoms with E-state index in [1.807, 2.05) is 26.5 Å². The third kappa shape index (κ3) is 2.23. The molecule has 0 atom stereocenters. The molecule has 1 N–H and O–H groups in total. The average Bonchev–Trinajstić information content (AvgIpc) is 2.52. The largest absolute Gasteiger partial charge is 0.329 e. The molecular weight excluding hydrogens is 174 g/mol. The maximum absolute atomic E-state index is 4.17. The van der Waals surface area contributed by atoms with E-state index in [-0.39, 0.29) is 5.54 Å². The topological polar surface area (TPSA) is 29.9 Å². The van der Waals surface area contributed by atoms with Crippen molar-refractivity contribution in [2.24, 2.45) is 0 Å². The van der Waals surface area contributed by atoms with Crippen LogP contribution in [0.4, 0.5) is 0 Å². The summed E-state index contributed by atoms with van der Waals surface area (Å²) in [5.41, 5.74) is 2.27. The van der Waals surface area contributed by atoms with Crippen LogP contribution in [0.15, 0.2) is 24.7 Å². The van der Waals surface area contributed by atoms with E-state index < -0.39 is 0 Å². The fourth-order valence-corrected chi connectivity index (χ4v) is 1.39. The lowest BCUT2D eigenvalue weighted by atomic mass is 10.0. The Morgan fingerprint density at radius 2 is 2.29 bits per heavy atom. The van der Waals surface area contributed by atoms with Gasteiger partial charge in [-0.25, -0.2) is 4.98 Å². The molecule has 14 heavy (non-hydrogen) atoms. The Bertz CT molecular complexity index is 323. The first-order valence-corrected chi connectivity index (χ1v) is 4.81. The van der Waals surface area contributed by atoms with Crippen molar-refractivity contribution in [1.29, 1.82) is 0 Å². The van der Waals surface area contributed by atoms with Crippen LogP contribution in [0.25, 0.3) is 0 Å². The molecule has 0 saturated heterocycles. The summed E-state index contributed by atoms with van der Waals surface area (Å²) in [6, 6.07) is 0. The zero-order valence-electron chi connectivity index (χ0n) is 9.46. The van der Waals surface area contributed by atoms with Crippen LogP contribution < -0.4 is 5.32 Å². The molecule has 1 aromatic rings. The van der Waals surface area contributed by atoms with Crippen molar-refractivity contribution in [2.45, 2.75) is 32.9 Å². The van der Waals surface area contributed by atoms with E-state index in [9.17, 15) is 0 Å². The number of nitrogens with one attached hydrogen (secondary N) is 1. The van der Waals surface area contributed by atoms with Gasteiger partial charge in [0.1, 0.15) is 0 Å². The average molecular weight is 193 g/mol. The number of rotatable bonds is 4. The second-order valence-electron chi connectivity index (χ2n) is 4.24. The van der Waals surface area contributed by atoms with Gasteiger partial charge in [-0.1, -0.05) is 12.2 Å². The Balaban J connectivity index is 2.98. The summed E-state index contributed by atoms with van der Waals surface area (Å²) >= 11 is 0. The van der Waals surface area contributed by atoms with Crippen molar-refractivity contribution in [1.82, 2.24) is 14.9 Å². The van der Waals surface area contributed by atoms with Crippen molar-refractivity contribution >= 4 is 0 Å². The summed E-state index contributed by atoms with van der Waals surface area (Å²) in [5.74, 6) is 0. The van der Waals surface area contributed by atoms with Gasteiger partial charge in [-0.15, -0.1) is 0 Å². The van der Waals surface area contributed by atoms with Gasteiger partial charge >= 0.3 is 0 Å². The molecule has 0 spiro atoms. The predicted molar refractivity (Wildman–Crippen MR) is 59.1 cm³/mol. The minimum absolute atomic E-state index is 0.0497. The van der Waals surface area contributed by atoms with E-state index in [0.29, 0.717) is 0 Å². The molecule has 0 aliphatic rings. The Labute approximate surface area is 85.8 Å². The number of hydrogen-bond donors (Lipinski definition) is 1. The lowest BCUT2D eigenvalue weighted by Gasteiger charge is -2.25. The molecule has 0 radical (unpaired) electrons. The first-order valence-electron chi connectivity index (χ1n) is 4.81. The molecule has 3 heteroatoms. The third-order valence-corrected chi connectivity index (χ3v) is 2.42. The molecule has 0 unspecified atom stereocenters. The molecule has 3 nitrogen and oxygen atoms in total. The fraction of sp³-hybridized carbons (Fsp3) is 0.545. The van der Waals surface area contributed by atoms with Crippen LogP contribution in [-0.2, 0) is 12.1 Å². The van der Waals surface area contributed by atoms with Crippen LogP contribution in [0.5, 0.6) is 0 Å². The Hall–Kier alpha value is -1.09. The van der Waals surface area contributed by atoms with Gasteiger partial charge in [0.05, 0.1) is 23.8 Å². The number of nitrogens with zero attached hydrogens (tertiary/aromatic N) is 2. The van der Waals surface area contributed by atoms with Gasteiger partial charge < -0.3 is 9.88 Å². The second kappa shape index (κ2) is 3.96. The smallest absolute Gasteiger partial charge is 0.0951 e. The lowest BCUT2D eigenvalue weighted by molar-refractivity contribution is 0.413. The molecule has 1 aromatic heterocycles. The Morgan fingerprint density at radius 3 is 2.79 bits per heavy atom. The van der Waals surface area contributed by atoms with Crippen molar-refractivity contribution in [3.63, 3.8) is 0 Å². The molecule has 1 rings (SSSR count). The number of aromatic nitrogens is 2. The highest BCUT2D eigenvalue weighted by Crippen LogP contribution is 2.19. The van der Waals surface area contributed by atoms with Crippen LogP contribution in [0.3, 0.4) is 0 Å². The van der Waals surface area contributed by atoms with Gasteiger partial charge in [-0.05, 0) is 27.8 Å². The van der Waals surface area contributed by atoms with Gasteiger partial charge in [0.15, 0.2) is 0 Å². The maximum Gasteiger partial charge on any atom is 0.0951 e. The van der Waals surface area contributed by atoms with Gasteiger partial charge in [-0.2, -0.15) is 0 Å². The van der Waals surface area contributed by atoms with Gasteiger partial charge in [-0.3, -0.25) is 0 Å². The normalized spacial score (nSPS) is 11.7. The van der Waals surface area contributed by atoms with Crippen LogP contribution >= 0.6 is 0 Å². The molecule has 0 aromatic carbocycles. The molecule has 0 bridgehead atoms. The molecule has 78 valence electrons. The highest BCUT2D eigenvalue weighted by molar-refractivity contribution is 5.12. The minimum Gasteiger partial charge on any atom is -0.329 e. The highest BCUT2D eigenvalue weighted by atomic mass is 15.1. The van der Waals surface area contributed by atoms with Crippen LogP contribution in [0.1, 0.15) is 26.5 Å². The van der Waals surface area contributed by atoms with E-state index in [2.05, 4.69) is 35.3 Å². The van der Waals surface area contributed by atoms with Crippen LogP contribution in [-0.4, -0.2) is 16.6 Å². The molecule has 0 amide bonds. The Morgan fingerprint density at radius 1 is 1.64 bits per heavy atom. The summed E-state index contributed by atoms with van der Waals surface area (Å²) in [5, 5.41) is 3.27. The minimum atomic E-state index is -0.0497. The van der Waals surface area contributed by atoms with Crippen molar-refractivity contribution < 1.29 is 0 Å². The zero-order valence-corrected chi connectivity index (χ0v) is 9.46. The molecule has 0 aliphatic carbocycles. The monoisotopic (exact) mass is 193 g/mol. The van der Waals surface area contributed by atoms with Gasteiger partial charge in [0, 0.05) is 6.54 Å². The quantitative estimate of drug-likeness (QED) is 0.740. The maximum atomic E-state index is 4.17. The van der Waals surface area contributed by atoms with Crippen molar-refractivity contribution in [2.75, 3.05) is 7.05 Å². The summed E-state index contributed by atoms with van der Waals surface area (Å²) in [6.45, 7) is 11.0. The highest BCUT2D eigenvalue weighted by Gasteiger charge is 2.21.